The normalized spacial score (nSPS) is 22.9. The van der Waals surface area contributed by atoms with Crippen molar-refractivity contribution < 1.29 is 8.42 Å². The highest BCUT2D eigenvalue weighted by atomic mass is 32.2. The van der Waals surface area contributed by atoms with Crippen LogP contribution in [0.4, 0.5) is 0 Å². The van der Waals surface area contributed by atoms with Crippen LogP contribution >= 0.6 is 0 Å². The lowest BCUT2D eigenvalue weighted by atomic mass is 9.76. The van der Waals surface area contributed by atoms with Crippen molar-refractivity contribution in [3.63, 3.8) is 0 Å². The quantitative estimate of drug-likeness (QED) is 0.809. The van der Waals surface area contributed by atoms with Gasteiger partial charge in [0.25, 0.3) is 0 Å². The molecule has 1 aliphatic carbocycles. The van der Waals surface area contributed by atoms with E-state index in [9.17, 15) is 8.42 Å². The number of hydrogen-bond donors (Lipinski definition) is 1. The molecule has 90 valence electrons. The van der Waals surface area contributed by atoms with E-state index in [-0.39, 0.29) is 11.8 Å². The summed E-state index contributed by atoms with van der Waals surface area (Å²) in [5.41, 5.74) is 0.396. The van der Waals surface area contributed by atoms with Crippen LogP contribution in [0.3, 0.4) is 0 Å². The Hall–Kier alpha value is -0.0900. The summed E-state index contributed by atoms with van der Waals surface area (Å²) in [6, 6.07) is 0.176. The van der Waals surface area contributed by atoms with Crippen molar-refractivity contribution in [1.29, 1.82) is 0 Å². The fourth-order valence-electron chi connectivity index (χ4n) is 2.10. The van der Waals surface area contributed by atoms with E-state index in [1.54, 1.807) is 0 Å². The van der Waals surface area contributed by atoms with Crippen LogP contribution in [-0.4, -0.2) is 20.2 Å². The highest BCUT2D eigenvalue weighted by Gasteiger charge is 2.28. The van der Waals surface area contributed by atoms with Crippen molar-refractivity contribution in [2.75, 3.05) is 5.75 Å². The molecule has 0 aliphatic heterocycles. The third kappa shape index (κ3) is 4.51. The molecule has 3 nitrogen and oxygen atoms in total. The van der Waals surface area contributed by atoms with Gasteiger partial charge in [-0.05, 0) is 37.5 Å². The summed E-state index contributed by atoms with van der Waals surface area (Å²) in [5.74, 6) is 0.257. The first kappa shape index (κ1) is 13.0. The Bertz CT molecular complexity index is 286. The van der Waals surface area contributed by atoms with Gasteiger partial charge in [0.05, 0.1) is 5.75 Å². The van der Waals surface area contributed by atoms with Crippen LogP contribution < -0.4 is 4.72 Å². The minimum Gasteiger partial charge on any atom is -0.212 e. The Labute approximate surface area is 93.7 Å². The molecule has 0 bridgehead atoms. The summed E-state index contributed by atoms with van der Waals surface area (Å²) in [5, 5.41) is 0. The van der Waals surface area contributed by atoms with Crippen LogP contribution in [0.2, 0.25) is 0 Å². The van der Waals surface area contributed by atoms with Gasteiger partial charge >= 0.3 is 0 Å². The molecule has 0 radical (unpaired) electrons. The highest BCUT2D eigenvalue weighted by molar-refractivity contribution is 7.89. The first-order valence-corrected chi connectivity index (χ1v) is 7.50. The van der Waals surface area contributed by atoms with Crippen molar-refractivity contribution in [2.24, 2.45) is 5.41 Å². The molecule has 1 saturated carbocycles. The maximum Gasteiger partial charge on any atom is 0.211 e. The van der Waals surface area contributed by atoms with Crippen LogP contribution in [0.1, 0.15) is 52.9 Å². The summed E-state index contributed by atoms with van der Waals surface area (Å²) >= 11 is 0. The molecule has 15 heavy (non-hydrogen) atoms. The highest BCUT2D eigenvalue weighted by Crippen LogP contribution is 2.35. The zero-order chi connectivity index (χ0) is 11.5. The second kappa shape index (κ2) is 4.83. The fourth-order valence-corrected chi connectivity index (χ4v) is 3.50. The van der Waals surface area contributed by atoms with Gasteiger partial charge in [-0.3, -0.25) is 0 Å². The molecule has 0 saturated heterocycles. The van der Waals surface area contributed by atoms with E-state index in [1.807, 2.05) is 6.92 Å². The van der Waals surface area contributed by atoms with E-state index in [0.717, 1.165) is 25.7 Å². The largest absolute Gasteiger partial charge is 0.212 e. The van der Waals surface area contributed by atoms with Crippen molar-refractivity contribution >= 4 is 10.0 Å². The Morgan fingerprint density at radius 1 is 1.27 bits per heavy atom. The number of hydrogen-bond acceptors (Lipinski definition) is 2. The first-order chi connectivity index (χ1) is 6.85. The van der Waals surface area contributed by atoms with Gasteiger partial charge in [-0.1, -0.05) is 20.8 Å². The average Bonchev–Trinajstić information content (AvgIpc) is 2.08. The van der Waals surface area contributed by atoms with E-state index >= 15 is 0 Å². The fraction of sp³-hybridized carbons (Fsp3) is 1.00. The summed E-state index contributed by atoms with van der Waals surface area (Å²) in [7, 11) is -3.02. The molecular weight excluding hydrogens is 210 g/mol. The lowest BCUT2D eigenvalue weighted by Crippen LogP contribution is -2.40. The van der Waals surface area contributed by atoms with Crippen molar-refractivity contribution in [3.8, 4) is 0 Å². The van der Waals surface area contributed by atoms with Gasteiger partial charge in [0.1, 0.15) is 0 Å². The minimum atomic E-state index is -3.02. The van der Waals surface area contributed by atoms with Crippen LogP contribution in [0, 0.1) is 5.41 Å². The molecule has 0 atom stereocenters. The topological polar surface area (TPSA) is 46.2 Å². The van der Waals surface area contributed by atoms with Gasteiger partial charge < -0.3 is 0 Å². The molecule has 0 amide bonds. The molecule has 1 N–H and O–H groups in total. The van der Waals surface area contributed by atoms with Crippen LogP contribution in [-0.2, 0) is 10.0 Å². The Balaban J connectivity index is 2.42. The summed E-state index contributed by atoms with van der Waals surface area (Å²) < 4.78 is 25.9. The van der Waals surface area contributed by atoms with E-state index in [1.165, 1.54) is 0 Å². The minimum absolute atomic E-state index is 0.176. The van der Waals surface area contributed by atoms with Crippen molar-refractivity contribution in [2.45, 2.75) is 58.9 Å². The molecule has 0 unspecified atom stereocenters. The predicted molar refractivity (Wildman–Crippen MR) is 63.3 cm³/mol. The Morgan fingerprint density at radius 2 is 1.80 bits per heavy atom. The van der Waals surface area contributed by atoms with E-state index in [4.69, 9.17) is 0 Å². The molecule has 0 spiro atoms. The van der Waals surface area contributed by atoms with Gasteiger partial charge in [0.15, 0.2) is 0 Å². The molecule has 0 aromatic carbocycles. The maximum atomic E-state index is 11.5. The van der Waals surface area contributed by atoms with Crippen LogP contribution in [0.5, 0.6) is 0 Å². The molecule has 0 heterocycles. The van der Waals surface area contributed by atoms with E-state index in [2.05, 4.69) is 18.6 Å². The standard InChI is InChI=1S/C11H23NO2S/c1-4-9-15(13,14)12-10-5-7-11(2,3)8-6-10/h10,12H,4-9H2,1-3H3. The summed E-state index contributed by atoms with van der Waals surface area (Å²) in [4.78, 5) is 0. The Morgan fingerprint density at radius 3 is 2.27 bits per heavy atom. The van der Waals surface area contributed by atoms with Gasteiger partial charge in [-0.25, -0.2) is 13.1 Å². The molecule has 0 aromatic rings. The lowest BCUT2D eigenvalue weighted by molar-refractivity contribution is 0.218. The molecule has 1 rings (SSSR count). The predicted octanol–water partition coefficient (Wildman–Crippen LogP) is 2.28. The number of nitrogens with one attached hydrogen (secondary N) is 1. The van der Waals surface area contributed by atoms with Crippen molar-refractivity contribution in [3.05, 3.63) is 0 Å². The van der Waals surface area contributed by atoms with Gasteiger partial charge in [-0.2, -0.15) is 0 Å². The SMILES string of the molecule is CCCS(=O)(=O)NC1CCC(C)(C)CC1. The van der Waals surface area contributed by atoms with Gasteiger partial charge in [-0.15, -0.1) is 0 Å². The second-order valence-corrected chi connectivity index (χ2v) is 7.25. The zero-order valence-corrected chi connectivity index (χ0v) is 10.9. The zero-order valence-electron chi connectivity index (χ0n) is 10.0. The van der Waals surface area contributed by atoms with E-state index < -0.39 is 10.0 Å². The van der Waals surface area contributed by atoms with E-state index in [0.29, 0.717) is 11.8 Å². The number of rotatable bonds is 4. The smallest absolute Gasteiger partial charge is 0.211 e. The summed E-state index contributed by atoms with van der Waals surface area (Å²) in [6.07, 6.45) is 4.89. The second-order valence-electron chi connectivity index (χ2n) is 5.38. The van der Waals surface area contributed by atoms with Crippen LogP contribution in [0.25, 0.3) is 0 Å². The molecular formula is C11H23NO2S. The Kier molecular flexibility index (Phi) is 4.18. The number of sulfonamides is 1. The maximum absolute atomic E-state index is 11.5. The first-order valence-electron chi connectivity index (χ1n) is 5.85. The molecule has 1 aliphatic rings. The monoisotopic (exact) mass is 233 g/mol. The van der Waals surface area contributed by atoms with Crippen LogP contribution in [0.15, 0.2) is 0 Å². The average molecular weight is 233 g/mol. The molecule has 1 fully saturated rings. The molecule has 0 aromatic heterocycles. The summed E-state index contributed by atoms with van der Waals surface area (Å²) in [6.45, 7) is 6.40. The lowest BCUT2D eigenvalue weighted by Gasteiger charge is -2.34. The third-order valence-electron chi connectivity index (χ3n) is 3.16. The van der Waals surface area contributed by atoms with Gasteiger partial charge in [0.2, 0.25) is 10.0 Å². The van der Waals surface area contributed by atoms with Gasteiger partial charge in [0, 0.05) is 6.04 Å². The third-order valence-corrected chi connectivity index (χ3v) is 4.80. The van der Waals surface area contributed by atoms with Crippen molar-refractivity contribution in [1.82, 2.24) is 4.72 Å². The molecule has 4 heteroatoms.